The molecule has 0 saturated carbocycles. The molecule has 7 heteroatoms. The molecule has 0 unspecified atom stereocenters. The Morgan fingerprint density at radius 3 is 2.87 bits per heavy atom. The average molecular weight is 365 g/mol. The zero-order chi connectivity index (χ0) is 16.4. The molecule has 0 N–H and O–H groups in total. The number of benzene rings is 1. The molecule has 23 heavy (non-hydrogen) atoms. The van der Waals surface area contributed by atoms with Crippen LogP contribution in [0.1, 0.15) is 5.69 Å². The number of hydrogen-bond acceptors (Lipinski definition) is 6. The summed E-state index contributed by atoms with van der Waals surface area (Å²) in [4.78, 5) is 17.1. The van der Waals surface area contributed by atoms with Crippen LogP contribution in [0, 0.1) is 0 Å². The first kappa shape index (κ1) is 16.1. The predicted octanol–water partition coefficient (Wildman–Crippen LogP) is 3.74. The molecule has 0 saturated heterocycles. The number of carboxylic acids is 1. The summed E-state index contributed by atoms with van der Waals surface area (Å²) in [7, 11) is 0. The fraction of sp³-hybridized carbons (Fsp3) is 0.125. The van der Waals surface area contributed by atoms with Crippen LogP contribution < -0.4 is 5.11 Å². The number of hydrogen-bond donors (Lipinski definition) is 0. The van der Waals surface area contributed by atoms with Gasteiger partial charge in [-0.25, -0.2) is 4.98 Å². The van der Waals surface area contributed by atoms with Crippen LogP contribution in [0.25, 0.3) is 22.1 Å². The lowest BCUT2D eigenvalue weighted by molar-refractivity contribution is -0.304. The lowest BCUT2D eigenvalue weighted by atomic mass is 10.2. The molecule has 0 fully saturated rings. The fourth-order valence-corrected chi connectivity index (χ4v) is 3.62. The number of carbonyl (C=O) groups is 1. The number of carboxylic acid groups (broad SMARTS) is 1. The Balaban J connectivity index is 2.08. The molecule has 2 aromatic heterocycles. The zero-order valence-corrected chi connectivity index (χ0v) is 14.4. The smallest absolute Gasteiger partial charge is 0.227 e. The summed E-state index contributed by atoms with van der Waals surface area (Å²) in [5.74, 6) is -0.390. The van der Waals surface area contributed by atoms with Crippen LogP contribution in [0.3, 0.4) is 0 Å². The summed E-state index contributed by atoms with van der Waals surface area (Å²) in [5, 5.41) is 11.0. The molecule has 0 aliphatic heterocycles. The van der Waals surface area contributed by atoms with Gasteiger partial charge in [-0.05, 0) is 36.6 Å². The second-order valence-corrected chi connectivity index (χ2v) is 7.27. The summed E-state index contributed by atoms with van der Waals surface area (Å²) in [6, 6.07) is 11.2. The van der Waals surface area contributed by atoms with Crippen LogP contribution in [-0.2, 0) is 11.2 Å². The molecule has 3 aromatic rings. The molecular weight excluding hydrogens is 354 g/mol. The van der Waals surface area contributed by atoms with Crippen molar-refractivity contribution in [2.75, 3.05) is 6.26 Å². The Bertz CT molecular complexity index is 857. The van der Waals surface area contributed by atoms with E-state index in [-0.39, 0.29) is 6.42 Å². The summed E-state index contributed by atoms with van der Waals surface area (Å²) in [5.41, 5.74) is 1.14. The quantitative estimate of drug-likeness (QED) is 0.645. The van der Waals surface area contributed by atoms with Crippen LogP contribution in [0.2, 0.25) is 4.34 Å². The standard InChI is InChI=1S/C16H12ClNO3S2/c1-22-10-4-2-3-9(7-10)16-18-11(8-14(19)20)15(21-16)12-5-6-13(17)23-12/h2-7H,8H2,1H3,(H,19,20)/p-1. The first-order valence-electron chi connectivity index (χ1n) is 6.66. The van der Waals surface area contributed by atoms with Crippen molar-refractivity contribution in [3.63, 3.8) is 0 Å². The molecule has 0 spiro atoms. The summed E-state index contributed by atoms with van der Waals surface area (Å²) in [6.07, 6.45) is 1.67. The first-order valence-corrected chi connectivity index (χ1v) is 9.08. The van der Waals surface area contributed by atoms with E-state index in [0.717, 1.165) is 15.3 Å². The average Bonchev–Trinajstić information content (AvgIpc) is 3.13. The minimum Gasteiger partial charge on any atom is -0.550 e. The van der Waals surface area contributed by atoms with E-state index in [0.29, 0.717) is 21.7 Å². The molecule has 3 rings (SSSR count). The van der Waals surface area contributed by atoms with Crippen LogP contribution in [0.4, 0.5) is 0 Å². The second-order valence-electron chi connectivity index (χ2n) is 4.68. The Labute approximate surface area is 146 Å². The topological polar surface area (TPSA) is 66.2 Å². The van der Waals surface area contributed by atoms with Crippen molar-refractivity contribution < 1.29 is 14.3 Å². The number of aliphatic carboxylic acids is 1. The highest BCUT2D eigenvalue weighted by atomic mass is 35.5. The number of oxazole rings is 1. The summed E-state index contributed by atoms with van der Waals surface area (Å²) < 4.78 is 6.44. The van der Waals surface area contributed by atoms with E-state index >= 15 is 0 Å². The molecule has 118 valence electrons. The van der Waals surface area contributed by atoms with Crippen molar-refractivity contribution in [2.24, 2.45) is 0 Å². The Hall–Kier alpha value is -1.76. The number of halogens is 1. The van der Waals surface area contributed by atoms with E-state index in [1.807, 2.05) is 30.5 Å². The minimum absolute atomic E-state index is 0.309. The monoisotopic (exact) mass is 364 g/mol. The molecule has 0 atom stereocenters. The van der Waals surface area contributed by atoms with Gasteiger partial charge in [-0.2, -0.15) is 0 Å². The van der Waals surface area contributed by atoms with E-state index in [9.17, 15) is 9.90 Å². The predicted molar refractivity (Wildman–Crippen MR) is 90.8 cm³/mol. The minimum atomic E-state index is -1.20. The van der Waals surface area contributed by atoms with Gasteiger partial charge in [0.25, 0.3) is 0 Å². The SMILES string of the molecule is CSc1cccc(-c2nc(CC(=O)[O-])c(-c3ccc(Cl)s3)o2)c1. The van der Waals surface area contributed by atoms with Gasteiger partial charge >= 0.3 is 0 Å². The van der Waals surface area contributed by atoms with Gasteiger partial charge in [0.05, 0.1) is 14.9 Å². The van der Waals surface area contributed by atoms with E-state index < -0.39 is 5.97 Å². The van der Waals surface area contributed by atoms with Crippen molar-refractivity contribution in [2.45, 2.75) is 11.3 Å². The lowest BCUT2D eigenvalue weighted by Gasteiger charge is -1.99. The van der Waals surface area contributed by atoms with E-state index in [2.05, 4.69) is 4.98 Å². The van der Waals surface area contributed by atoms with Crippen LogP contribution in [0.15, 0.2) is 45.7 Å². The summed E-state index contributed by atoms with van der Waals surface area (Å²) in [6.45, 7) is 0. The van der Waals surface area contributed by atoms with Gasteiger partial charge in [0, 0.05) is 22.8 Å². The number of rotatable bonds is 5. The Morgan fingerprint density at radius 1 is 1.39 bits per heavy atom. The van der Waals surface area contributed by atoms with Gasteiger partial charge in [-0.3, -0.25) is 0 Å². The van der Waals surface area contributed by atoms with Gasteiger partial charge in [-0.15, -0.1) is 23.1 Å². The fourth-order valence-electron chi connectivity index (χ4n) is 2.12. The lowest BCUT2D eigenvalue weighted by Crippen LogP contribution is -2.24. The van der Waals surface area contributed by atoms with E-state index in [4.69, 9.17) is 16.0 Å². The molecule has 0 aliphatic carbocycles. The molecule has 0 bridgehead atoms. The highest BCUT2D eigenvalue weighted by molar-refractivity contribution is 7.98. The van der Waals surface area contributed by atoms with Gasteiger partial charge in [-0.1, -0.05) is 17.7 Å². The molecule has 4 nitrogen and oxygen atoms in total. The van der Waals surface area contributed by atoms with E-state index in [1.54, 1.807) is 23.9 Å². The van der Waals surface area contributed by atoms with Gasteiger partial charge in [0.1, 0.15) is 0 Å². The maximum Gasteiger partial charge on any atom is 0.227 e. The van der Waals surface area contributed by atoms with E-state index in [1.165, 1.54) is 11.3 Å². The molecule has 0 aliphatic rings. The second kappa shape index (κ2) is 6.78. The van der Waals surface area contributed by atoms with Gasteiger partial charge < -0.3 is 14.3 Å². The molecule has 0 amide bonds. The third kappa shape index (κ3) is 3.60. The van der Waals surface area contributed by atoms with Gasteiger partial charge in [0.15, 0.2) is 5.76 Å². The molecule has 1 aromatic carbocycles. The number of thioether (sulfide) groups is 1. The van der Waals surface area contributed by atoms with Crippen molar-refractivity contribution in [3.05, 3.63) is 46.4 Å². The maximum atomic E-state index is 11.0. The highest BCUT2D eigenvalue weighted by Crippen LogP contribution is 2.36. The number of aromatic nitrogens is 1. The Kier molecular flexibility index (Phi) is 4.75. The molecular formula is C16H11ClNO3S2-. The molecule has 2 heterocycles. The normalized spacial score (nSPS) is 10.9. The number of nitrogens with zero attached hydrogens (tertiary/aromatic N) is 1. The zero-order valence-electron chi connectivity index (χ0n) is 12.0. The number of thiophene rings is 1. The largest absolute Gasteiger partial charge is 0.550 e. The van der Waals surface area contributed by atoms with Gasteiger partial charge in [0.2, 0.25) is 5.89 Å². The third-order valence-corrected chi connectivity index (χ3v) is 5.08. The maximum absolute atomic E-state index is 11.0. The van der Waals surface area contributed by atoms with Crippen molar-refractivity contribution in [1.82, 2.24) is 4.98 Å². The van der Waals surface area contributed by atoms with Crippen molar-refractivity contribution >= 4 is 40.7 Å². The van der Waals surface area contributed by atoms with Crippen LogP contribution in [0.5, 0.6) is 0 Å². The summed E-state index contributed by atoms with van der Waals surface area (Å²) >= 11 is 8.88. The highest BCUT2D eigenvalue weighted by Gasteiger charge is 2.18. The first-order chi connectivity index (χ1) is 11.1. The van der Waals surface area contributed by atoms with Crippen LogP contribution >= 0.6 is 34.7 Å². The third-order valence-electron chi connectivity index (χ3n) is 3.12. The van der Waals surface area contributed by atoms with Crippen molar-refractivity contribution in [1.29, 1.82) is 0 Å². The Morgan fingerprint density at radius 2 is 2.22 bits per heavy atom. The molecule has 0 radical (unpaired) electrons. The van der Waals surface area contributed by atoms with Crippen molar-refractivity contribution in [3.8, 4) is 22.1 Å². The number of carbonyl (C=O) groups excluding carboxylic acids is 1. The van der Waals surface area contributed by atoms with Crippen LogP contribution in [-0.4, -0.2) is 17.2 Å².